The van der Waals surface area contributed by atoms with Gasteiger partial charge in [-0.1, -0.05) is 23.7 Å². The Morgan fingerprint density at radius 1 is 1.47 bits per heavy atom. The van der Waals surface area contributed by atoms with Crippen molar-refractivity contribution in [2.45, 2.75) is 20.0 Å². The van der Waals surface area contributed by atoms with E-state index in [4.69, 9.17) is 16.3 Å². The first kappa shape index (κ1) is 11.8. The van der Waals surface area contributed by atoms with Gasteiger partial charge in [0.15, 0.2) is 0 Å². The summed E-state index contributed by atoms with van der Waals surface area (Å²) in [5.74, 6) is -0.343. The number of esters is 1. The fourth-order valence-corrected chi connectivity index (χ4v) is 1.24. The molecule has 0 saturated heterocycles. The maximum absolute atomic E-state index is 11.2. The first-order chi connectivity index (χ1) is 7.08. The van der Waals surface area contributed by atoms with Crippen LogP contribution in [0.4, 0.5) is 0 Å². The van der Waals surface area contributed by atoms with Gasteiger partial charge in [-0.2, -0.15) is 0 Å². The first-order valence-corrected chi connectivity index (χ1v) is 5.10. The molecule has 80 valence electrons. The smallest absolute Gasteiger partial charge is 0.331 e. The Hall–Kier alpha value is -1.28. The molecule has 1 aromatic rings. The van der Waals surface area contributed by atoms with Gasteiger partial charge in [-0.15, -0.1) is 0 Å². The Labute approximate surface area is 94.5 Å². The number of carbonyl (C=O) groups is 1. The minimum atomic E-state index is -0.343. The van der Waals surface area contributed by atoms with Crippen LogP contribution in [0.25, 0.3) is 6.08 Å². The molecule has 0 aliphatic rings. The molecule has 0 unspecified atom stereocenters. The third-order valence-corrected chi connectivity index (χ3v) is 1.85. The number of benzene rings is 1. The molecule has 0 spiro atoms. The Morgan fingerprint density at radius 2 is 2.20 bits per heavy atom. The maximum Gasteiger partial charge on any atom is 0.331 e. The second-order valence-corrected chi connectivity index (χ2v) is 3.81. The van der Waals surface area contributed by atoms with Crippen LogP contribution in [0.15, 0.2) is 30.3 Å². The Bertz CT molecular complexity index is 370. The standard InChI is InChI=1S/C12H13ClO2/c1-9(2)15-12(14)7-6-10-4-3-5-11(13)8-10/h3-9H,1-2H3/b7-6-. The summed E-state index contributed by atoms with van der Waals surface area (Å²) in [6, 6.07) is 7.26. The van der Waals surface area contributed by atoms with Crippen LogP contribution in [-0.4, -0.2) is 12.1 Å². The fourth-order valence-electron chi connectivity index (χ4n) is 1.05. The molecule has 0 aliphatic carbocycles. The van der Waals surface area contributed by atoms with Crippen LogP contribution in [-0.2, 0) is 9.53 Å². The van der Waals surface area contributed by atoms with Crippen molar-refractivity contribution in [2.24, 2.45) is 0 Å². The van der Waals surface area contributed by atoms with E-state index in [2.05, 4.69) is 0 Å². The monoisotopic (exact) mass is 224 g/mol. The van der Waals surface area contributed by atoms with Crippen molar-refractivity contribution >= 4 is 23.6 Å². The van der Waals surface area contributed by atoms with Crippen LogP contribution in [0.2, 0.25) is 5.02 Å². The molecule has 2 nitrogen and oxygen atoms in total. The molecule has 3 heteroatoms. The van der Waals surface area contributed by atoms with E-state index in [1.165, 1.54) is 6.08 Å². The molecule has 0 amide bonds. The van der Waals surface area contributed by atoms with Crippen molar-refractivity contribution in [1.29, 1.82) is 0 Å². The Morgan fingerprint density at radius 3 is 2.80 bits per heavy atom. The third kappa shape index (κ3) is 4.66. The highest BCUT2D eigenvalue weighted by Gasteiger charge is 1.99. The average Bonchev–Trinajstić information content (AvgIpc) is 2.14. The van der Waals surface area contributed by atoms with Gasteiger partial charge in [-0.05, 0) is 37.6 Å². The van der Waals surface area contributed by atoms with Crippen LogP contribution in [0.3, 0.4) is 0 Å². The fraction of sp³-hybridized carbons (Fsp3) is 0.250. The van der Waals surface area contributed by atoms with Gasteiger partial charge < -0.3 is 4.74 Å². The highest BCUT2D eigenvalue weighted by Crippen LogP contribution is 2.11. The molecule has 1 rings (SSSR count). The predicted octanol–water partition coefficient (Wildman–Crippen LogP) is 3.30. The average molecular weight is 225 g/mol. The molecular formula is C12H13ClO2. The van der Waals surface area contributed by atoms with Crippen LogP contribution in [0.5, 0.6) is 0 Å². The second kappa shape index (κ2) is 5.56. The minimum absolute atomic E-state index is 0.0958. The van der Waals surface area contributed by atoms with E-state index in [1.807, 2.05) is 26.0 Å². The van der Waals surface area contributed by atoms with Gasteiger partial charge in [-0.3, -0.25) is 0 Å². The number of carbonyl (C=O) groups excluding carboxylic acids is 1. The number of hydrogen-bond acceptors (Lipinski definition) is 2. The highest BCUT2D eigenvalue weighted by atomic mass is 35.5. The molecule has 15 heavy (non-hydrogen) atoms. The van der Waals surface area contributed by atoms with E-state index < -0.39 is 0 Å². The van der Waals surface area contributed by atoms with Gasteiger partial charge in [0.05, 0.1) is 6.10 Å². The summed E-state index contributed by atoms with van der Waals surface area (Å²) in [6.45, 7) is 3.62. The zero-order chi connectivity index (χ0) is 11.3. The lowest BCUT2D eigenvalue weighted by atomic mass is 10.2. The molecule has 0 N–H and O–H groups in total. The van der Waals surface area contributed by atoms with E-state index >= 15 is 0 Å². The molecule has 0 atom stereocenters. The predicted molar refractivity (Wildman–Crippen MR) is 61.7 cm³/mol. The van der Waals surface area contributed by atoms with Crippen molar-refractivity contribution in [2.75, 3.05) is 0 Å². The van der Waals surface area contributed by atoms with Crippen LogP contribution in [0.1, 0.15) is 19.4 Å². The number of hydrogen-bond donors (Lipinski definition) is 0. The molecular weight excluding hydrogens is 212 g/mol. The molecule has 0 heterocycles. The van der Waals surface area contributed by atoms with Gasteiger partial charge in [0, 0.05) is 11.1 Å². The second-order valence-electron chi connectivity index (χ2n) is 3.37. The van der Waals surface area contributed by atoms with Crippen LogP contribution >= 0.6 is 11.6 Å². The SMILES string of the molecule is CC(C)OC(=O)/C=C\c1cccc(Cl)c1. The number of ether oxygens (including phenoxy) is 1. The zero-order valence-electron chi connectivity index (χ0n) is 8.74. The maximum atomic E-state index is 11.2. The summed E-state index contributed by atoms with van der Waals surface area (Å²) in [6.07, 6.45) is 2.98. The largest absolute Gasteiger partial charge is 0.460 e. The summed E-state index contributed by atoms with van der Waals surface area (Å²) >= 11 is 5.79. The van der Waals surface area contributed by atoms with Crippen LogP contribution < -0.4 is 0 Å². The summed E-state index contributed by atoms with van der Waals surface area (Å²) in [7, 11) is 0. The summed E-state index contributed by atoms with van der Waals surface area (Å²) < 4.78 is 4.94. The third-order valence-electron chi connectivity index (χ3n) is 1.61. The van der Waals surface area contributed by atoms with E-state index in [9.17, 15) is 4.79 Å². The number of rotatable bonds is 3. The van der Waals surface area contributed by atoms with Crippen molar-refractivity contribution in [3.05, 3.63) is 40.9 Å². The van der Waals surface area contributed by atoms with Gasteiger partial charge >= 0.3 is 5.97 Å². The molecule has 0 saturated carbocycles. The molecule has 0 fully saturated rings. The van der Waals surface area contributed by atoms with Crippen molar-refractivity contribution in [1.82, 2.24) is 0 Å². The van der Waals surface area contributed by atoms with Crippen molar-refractivity contribution in [3.8, 4) is 0 Å². The van der Waals surface area contributed by atoms with E-state index in [1.54, 1.807) is 18.2 Å². The lowest BCUT2D eigenvalue weighted by molar-refractivity contribution is -0.141. The van der Waals surface area contributed by atoms with Gasteiger partial charge in [0.1, 0.15) is 0 Å². The van der Waals surface area contributed by atoms with Crippen molar-refractivity contribution in [3.63, 3.8) is 0 Å². The Balaban J connectivity index is 2.61. The lowest BCUT2D eigenvalue weighted by Gasteiger charge is -2.03. The minimum Gasteiger partial charge on any atom is -0.460 e. The topological polar surface area (TPSA) is 26.3 Å². The molecule has 0 radical (unpaired) electrons. The first-order valence-electron chi connectivity index (χ1n) is 4.72. The quantitative estimate of drug-likeness (QED) is 0.582. The van der Waals surface area contributed by atoms with Gasteiger partial charge in [0.2, 0.25) is 0 Å². The highest BCUT2D eigenvalue weighted by molar-refractivity contribution is 6.30. The lowest BCUT2D eigenvalue weighted by Crippen LogP contribution is -2.08. The van der Waals surface area contributed by atoms with E-state index in [0.717, 1.165) is 5.56 Å². The molecule has 0 aromatic heterocycles. The molecule has 0 aliphatic heterocycles. The zero-order valence-corrected chi connectivity index (χ0v) is 9.49. The van der Waals surface area contributed by atoms with Crippen LogP contribution in [0, 0.1) is 0 Å². The molecule has 1 aromatic carbocycles. The summed E-state index contributed by atoms with van der Waals surface area (Å²) in [5.41, 5.74) is 0.878. The summed E-state index contributed by atoms with van der Waals surface area (Å²) in [5, 5.41) is 0.648. The van der Waals surface area contributed by atoms with Gasteiger partial charge in [-0.25, -0.2) is 4.79 Å². The summed E-state index contributed by atoms with van der Waals surface area (Å²) in [4.78, 5) is 11.2. The van der Waals surface area contributed by atoms with E-state index in [-0.39, 0.29) is 12.1 Å². The normalized spacial score (nSPS) is 10.9. The number of halogens is 1. The van der Waals surface area contributed by atoms with E-state index in [0.29, 0.717) is 5.02 Å². The Kier molecular flexibility index (Phi) is 4.37. The van der Waals surface area contributed by atoms with Gasteiger partial charge in [0.25, 0.3) is 0 Å². The molecule has 0 bridgehead atoms. The van der Waals surface area contributed by atoms with Crippen molar-refractivity contribution < 1.29 is 9.53 Å².